The van der Waals surface area contributed by atoms with Gasteiger partial charge < -0.3 is 9.67 Å². The van der Waals surface area contributed by atoms with E-state index >= 15 is 0 Å². The normalized spacial score (nSPS) is 10.0. The Morgan fingerprint density at radius 2 is 2.36 bits per heavy atom. The summed E-state index contributed by atoms with van der Waals surface area (Å²) in [7, 11) is 0. The number of aryl methyl sites for hydroxylation is 1. The average Bonchev–Trinajstić information content (AvgIpc) is 2.05. The fourth-order valence-corrected chi connectivity index (χ4v) is 0.956. The number of aliphatic hydroxyl groups is 1. The summed E-state index contributed by atoms with van der Waals surface area (Å²) in [5.74, 6) is 0. The third-order valence-corrected chi connectivity index (χ3v) is 1.61. The van der Waals surface area contributed by atoms with E-state index in [2.05, 4.69) is 0 Å². The maximum atomic E-state index is 11.2. The van der Waals surface area contributed by atoms with Gasteiger partial charge in [-0.15, -0.1) is 0 Å². The summed E-state index contributed by atoms with van der Waals surface area (Å²) >= 11 is 0. The largest absolute Gasteiger partial charge is 0.391 e. The van der Waals surface area contributed by atoms with Gasteiger partial charge in [0.2, 0.25) is 0 Å². The molecule has 1 N–H and O–H groups in total. The van der Waals surface area contributed by atoms with E-state index in [4.69, 9.17) is 5.11 Å². The van der Waals surface area contributed by atoms with E-state index in [1.165, 1.54) is 0 Å². The van der Waals surface area contributed by atoms with Crippen LogP contribution in [0.2, 0.25) is 0 Å². The Labute approximate surface area is 64.9 Å². The third kappa shape index (κ3) is 1.49. The molecular formula is C8H11NO2. The van der Waals surface area contributed by atoms with Crippen molar-refractivity contribution < 1.29 is 5.11 Å². The molecule has 0 atom stereocenters. The minimum atomic E-state index is -0.181. The minimum Gasteiger partial charge on any atom is -0.391 e. The molecule has 3 heteroatoms. The highest BCUT2D eigenvalue weighted by atomic mass is 16.3. The van der Waals surface area contributed by atoms with Crippen LogP contribution in [0.5, 0.6) is 0 Å². The van der Waals surface area contributed by atoms with Crippen LogP contribution in [0.25, 0.3) is 0 Å². The van der Waals surface area contributed by atoms with Crippen LogP contribution in [0, 0.1) is 0 Å². The Kier molecular flexibility index (Phi) is 2.44. The number of aliphatic hydroxyl groups excluding tert-OH is 1. The van der Waals surface area contributed by atoms with Gasteiger partial charge in [0.25, 0.3) is 5.56 Å². The first kappa shape index (κ1) is 8.01. The van der Waals surface area contributed by atoms with Crippen molar-refractivity contribution >= 4 is 0 Å². The van der Waals surface area contributed by atoms with Crippen LogP contribution in [-0.4, -0.2) is 9.67 Å². The SMILES string of the molecule is CCn1cccc(CO)c1=O. The molecule has 1 aromatic heterocycles. The quantitative estimate of drug-likeness (QED) is 0.666. The number of aromatic nitrogens is 1. The number of nitrogens with zero attached hydrogens (tertiary/aromatic N) is 1. The van der Waals surface area contributed by atoms with Gasteiger partial charge in [-0.3, -0.25) is 4.79 Å². The van der Waals surface area contributed by atoms with Crippen molar-refractivity contribution in [3.05, 3.63) is 34.2 Å². The van der Waals surface area contributed by atoms with Crippen molar-refractivity contribution in [3.8, 4) is 0 Å². The molecule has 1 heterocycles. The second-order valence-corrected chi connectivity index (χ2v) is 2.28. The van der Waals surface area contributed by atoms with E-state index in [-0.39, 0.29) is 12.2 Å². The number of hydrogen-bond donors (Lipinski definition) is 1. The van der Waals surface area contributed by atoms with Crippen molar-refractivity contribution in [1.82, 2.24) is 4.57 Å². The van der Waals surface area contributed by atoms with Crippen molar-refractivity contribution in [1.29, 1.82) is 0 Å². The lowest BCUT2D eigenvalue weighted by Crippen LogP contribution is -2.21. The van der Waals surface area contributed by atoms with Gasteiger partial charge >= 0.3 is 0 Å². The lowest BCUT2D eigenvalue weighted by molar-refractivity contribution is 0.279. The highest BCUT2D eigenvalue weighted by Gasteiger charge is 1.98. The molecule has 0 aliphatic rings. The van der Waals surface area contributed by atoms with Gasteiger partial charge in [-0.1, -0.05) is 0 Å². The predicted octanol–water partition coefficient (Wildman–Crippen LogP) is 0.360. The van der Waals surface area contributed by atoms with Crippen LogP contribution >= 0.6 is 0 Å². The van der Waals surface area contributed by atoms with Crippen molar-refractivity contribution in [2.45, 2.75) is 20.1 Å². The lowest BCUT2D eigenvalue weighted by atomic mass is 10.3. The summed E-state index contributed by atoms with van der Waals surface area (Å²) in [5.41, 5.74) is 0.354. The van der Waals surface area contributed by atoms with E-state index in [1.54, 1.807) is 22.9 Å². The molecule has 1 aromatic rings. The van der Waals surface area contributed by atoms with Gasteiger partial charge in [0, 0.05) is 18.3 Å². The zero-order valence-corrected chi connectivity index (χ0v) is 6.45. The van der Waals surface area contributed by atoms with Gasteiger partial charge in [-0.2, -0.15) is 0 Å². The Morgan fingerprint density at radius 3 is 2.91 bits per heavy atom. The number of hydrogen-bond acceptors (Lipinski definition) is 2. The molecule has 0 saturated heterocycles. The Balaban J connectivity index is 3.21. The Bertz CT molecular complexity index is 265. The highest BCUT2D eigenvalue weighted by Crippen LogP contribution is 1.90. The maximum Gasteiger partial charge on any atom is 0.256 e. The summed E-state index contributed by atoms with van der Waals surface area (Å²) in [6.45, 7) is 2.36. The molecule has 0 unspecified atom stereocenters. The molecule has 0 amide bonds. The lowest BCUT2D eigenvalue weighted by Gasteiger charge is -2.01. The first-order valence-electron chi connectivity index (χ1n) is 3.58. The fraction of sp³-hybridized carbons (Fsp3) is 0.375. The predicted molar refractivity (Wildman–Crippen MR) is 42.3 cm³/mol. The summed E-state index contributed by atoms with van der Waals surface area (Å²) in [4.78, 5) is 11.2. The molecule has 0 saturated carbocycles. The smallest absolute Gasteiger partial charge is 0.256 e. The topological polar surface area (TPSA) is 42.2 Å². The van der Waals surface area contributed by atoms with Crippen LogP contribution < -0.4 is 5.56 Å². The first-order valence-corrected chi connectivity index (χ1v) is 3.58. The van der Waals surface area contributed by atoms with E-state index in [0.29, 0.717) is 12.1 Å². The zero-order chi connectivity index (χ0) is 8.27. The molecule has 60 valence electrons. The average molecular weight is 153 g/mol. The first-order chi connectivity index (χ1) is 5.29. The number of rotatable bonds is 2. The number of pyridine rings is 1. The molecule has 0 spiro atoms. The van der Waals surface area contributed by atoms with Crippen molar-refractivity contribution in [2.75, 3.05) is 0 Å². The minimum absolute atomic E-state index is 0.0995. The molecule has 11 heavy (non-hydrogen) atoms. The highest BCUT2D eigenvalue weighted by molar-refractivity contribution is 5.08. The standard InChI is InChI=1S/C8H11NO2/c1-2-9-5-3-4-7(6-10)8(9)11/h3-5,10H,2,6H2,1H3. The molecule has 1 rings (SSSR count). The van der Waals surface area contributed by atoms with Gasteiger partial charge in [0.05, 0.1) is 6.61 Å². The zero-order valence-electron chi connectivity index (χ0n) is 6.45. The monoisotopic (exact) mass is 153 g/mol. The molecular weight excluding hydrogens is 142 g/mol. The van der Waals surface area contributed by atoms with Gasteiger partial charge in [-0.05, 0) is 19.1 Å². The molecule has 3 nitrogen and oxygen atoms in total. The Hall–Kier alpha value is -1.09. The van der Waals surface area contributed by atoms with Gasteiger partial charge in [0.1, 0.15) is 0 Å². The third-order valence-electron chi connectivity index (χ3n) is 1.61. The molecule has 0 bridgehead atoms. The van der Waals surface area contributed by atoms with Crippen molar-refractivity contribution in [3.63, 3.8) is 0 Å². The van der Waals surface area contributed by atoms with Crippen LogP contribution in [0.1, 0.15) is 12.5 Å². The van der Waals surface area contributed by atoms with E-state index < -0.39 is 0 Å². The van der Waals surface area contributed by atoms with Crippen LogP contribution in [0.3, 0.4) is 0 Å². The second-order valence-electron chi connectivity index (χ2n) is 2.28. The molecule has 0 fully saturated rings. The van der Waals surface area contributed by atoms with Gasteiger partial charge in [0.15, 0.2) is 0 Å². The fourth-order valence-electron chi connectivity index (χ4n) is 0.956. The summed E-state index contributed by atoms with van der Waals surface area (Å²) in [5, 5.41) is 8.73. The maximum absolute atomic E-state index is 11.2. The van der Waals surface area contributed by atoms with Gasteiger partial charge in [-0.25, -0.2) is 0 Å². The van der Waals surface area contributed by atoms with E-state index in [0.717, 1.165) is 0 Å². The molecule has 0 aromatic carbocycles. The van der Waals surface area contributed by atoms with Crippen molar-refractivity contribution in [2.24, 2.45) is 0 Å². The second kappa shape index (κ2) is 3.34. The molecule has 0 aliphatic carbocycles. The Morgan fingerprint density at radius 1 is 1.64 bits per heavy atom. The summed E-state index contributed by atoms with van der Waals surface area (Å²) < 4.78 is 1.56. The summed E-state index contributed by atoms with van der Waals surface area (Å²) in [6, 6.07) is 3.39. The van der Waals surface area contributed by atoms with Crippen LogP contribution in [0.15, 0.2) is 23.1 Å². The van der Waals surface area contributed by atoms with E-state index in [1.807, 2.05) is 6.92 Å². The molecule has 0 radical (unpaired) electrons. The van der Waals surface area contributed by atoms with Crippen LogP contribution in [-0.2, 0) is 13.2 Å². The van der Waals surface area contributed by atoms with Crippen LogP contribution in [0.4, 0.5) is 0 Å². The van der Waals surface area contributed by atoms with E-state index in [9.17, 15) is 4.79 Å². The molecule has 0 aliphatic heterocycles. The summed E-state index contributed by atoms with van der Waals surface area (Å²) in [6.07, 6.45) is 1.71.